The van der Waals surface area contributed by atoms with E-state index in [1.807, 2.05) is 11.0 Å². The van der Waals surface area contributed by atoms with Gasteiger partial charge in [0.25, 0.3) is 10.2 Å². The number of amides is 1. The van der Waals surface area contributed by atoms with Crippen molar-refractivity contribution in [3.8, 4) is 6.07 Å². The Hall–Kier alpha value is -1.21. The van der Waals surface area contributed by atoms with E-state index in [2.05, 4.69) is 0 Å². The molecular weight excluding hydrogens is 306 g/mol. The molecule has 0 aromatic heterocycles. The molecule has 0 aromatic carbocycles. The van der Waals surface area contributed by atoms with Crippen LogP contribution in [0.2, 0.25) is 0 Å². The van der Waals surface area contributed by atoms with Crippen molar-refractivity contribution in [2.24, 2.45) is 0 Å². The van der Waals surface area contributed by atoms with Crippen LogP contribution in [-0.4, -0.2) is 93.1 Å². The summed E-state index contributed by atoms with van der Waals surface area (Å²) in [7, 11) is 1.38. The standard InChI is InChI=1S/C13H25N5O3S/c1-15(2)13(19)12-17-8-5-9-18(11-10-17)22(20,21)16(3)7-4-6-14/h4-5,7-12H2,1-3H3. The zero-order valence-corrected chi connectivity index (χ0v) is 14.3. The number of rotatable bonds is 6. The summed E-state index contributed by atoms with van der Waals surface area (Å²) in [5, 5.41) is 8.57. The Morgan fingerprint density at radius 1 is 1.18 bits per heavy atom. The largest absolute Gasteiger partial charge is 0.348 e. The molecular formula is C13H25N5O3S. The topological polar surface area (TPSA) is 88.0 Å². The maximum absolute atomic E-state index is 12.4. The summed E-state index contributed by atoms with van der Waals surface area (Å²) in [5.74, 6) is 0.0162. The molecule has 1 rings (SSSR count). The molecule has 0 aromatic rings. The summed E-state index contributed by atoms with van der Waals surface area (Å²) in [5.41, 5.74) is 0. The summed E-state index contributed by atoms with van der Waals surface area (Å²) < 4.78 is 27.5. The van der Waals surface area contributed by atoms with E-state index in [-0.39, 0.29) is 18.9 Å². The molecule has 1 aliphatic heterocycles. The lowest BCUT2D eigenvalue weighted by Gasteiger charge is -2.26. The summed E-state index contributed by atoms with van der Waals surface area (Å²) >= 11 is 0. The number of hydrogen-bond donors (Lipinski definition) is 0. The van der Waals surface area contributed by atoms with Crippen molar-refractivity contribution in [3.05, 3.63) is 0 Å². The van der Waals surface area contributed by atoms with Gasteiger partial charge in [-0.2, -0.15) is 22.3 Å². The van der Waals surface area contributed by atoms with Gasteiger partial charge >= 0.3 is 0 Å². The lowest BCUT2D eigenvalue weighted by Crippen LogP contribution is -2.44. The van der Waals surface area contributed by atoms with Gasteiger partial charge in [-0.25, -0.2) is 0 Å². The van der Waals surface area contributed by atoms with Crippen LogP contribution in [0.5, 0.6) is 0 Å². The van der Waals surface area contributed by atoms with Crippen molar-refractivity contribution >= 4 is 16.1 Å². The van der Waals surface area contributed by atoms with Crippen molar-refractivity contribution in [3.63, 3.8) is 0 Å². The Labute approximate surface area is 133 Å². The second kappa shape index (κ2) is 8.43. The van der Waals surface area contributed by atoms with Gasteiger partial charge < -0.3 is 4.90 Å². The summed E-state index contributed by atoms with van der Waals surface area (Å²) in [6.45, 7) is 2.54. The predicted molar refractivity (Wildman–Crippen MR) is 83.1 cm³/mol. The van der Waals surface area contributed by atoms with Crippen LogP contribution in [0.4, 0.5) is 0 Å². The quantitative estimate of drug-likeness (QED) is 0.634. The van der Waals surface area contributed by atoms with Gasteiger partial charge in [0, 0.05) is 53.7 Å². The predicted octanol–water partition coefficient (Wildman–Crippen LogP) is -0.827. The first kappa shape index (κ1) is 18.8. The van der Waals surface area contributed by atoms with Crippen molar-refractivity contribution in [2.45, 2.75) is 12.8 Å². The molecule has 0 saturated carbocycles. The van der Waals surface area contributed by atoms with Crippen LogP contribution < -0.4 is 0 Å². The van der Waals surface area contributed by atoms with Gasteiger partial charge in [0.05, 0.1) is 12.6 Å². The van der Waals surface area contributed by atoms with Gasteiger partial charge in [-0.3, -0.25) is 9.69 Å². The fourth-order valence-electron chi connectivity index (χ4n) is 2.19. The van der Waals surface area contributed by atoms with E-state index in [0.29, 0.717) is 39.1 Å². The van der Waals surface area contributed by atoms with Gasteiger partial charge in [-0.15, -0.1) is 0 Å². The number of hydrogen-bond acceptors (Lipinski definition) is 5. The van der Waals surface area contributed by atoms with Gasteiger partial charge in [-0.05, 0) is 13.0 Å². The third-order valence-electron chi connectivity index (χ3n) is 3.66. The fraction of sp³-hybridized carbons (Fsp3) is 0.846. The summed E-state index contributed by atoms with van der Waals surface area (Å²) in [6, 6.07) is 1.95. The Balaban J connectivity index is 2.62. The van der Waals surface area contributed by atoms with Crippen molar-refractivity contribution in [2.75, 3.05) is 60.4 Å². The van der Waals surface area contributed by atoms with E-state index in [4.69, 9.17) is 5.26 Å². The smallest absolute Gasteiger partial charge is 0.281 e. The number of carbonyl (C=O) groups excluding carboxylic acids is 1. The molecule has 0 N–H and O–H groups in total. The molecule has 1 fully saturated rings. The van der Waals surface area contributed by atoms with E-state index in [0.717, 1.165) is 0 Å². The van der Waals surface area contributed by atoms with Crippen molar-refractivity contribution in [1.29, 1.82) is 5.26 Å². The molecule has 0 spiro atoms. The van der Waals surface area contributed by atoms with Crippen LogP contribution in [0, 0.1) is 11.3 Å². The first-order chi connectivity index (χ1) is 10.3. The normalized spacial score (nSPS) is 18.0. The number of carbonyl (C=O) groups is 1. The van der Waals surface area contributed by atoms with E-state index in [1.165, 1.54) is 20.6 Å². The van der Waals surface area contributed by atoms with Crippen molar-refractivity contribution in [1.82, 2.24) is 18.4 Å². The highest BCUT2D eigenvalue weighted by molar-refractivity contribution is 7.86. The monoisotopic (exact) mass is 331 g/mol. The fourth-order valence-corrected chi connectivity index (χ4v) is 3.58. The Morgan fingerprint density at radius 3 is 2.45 bits per heavy atom. The molecule has 1 aliphatic rings. The average Bonchev–Trinajstić information content (AvgIpc) is 2.70. The van der Waals surface area contributed by atoms with E-state index in [1.54, 1.807) is 14.1 Å². The van der Waals surface area contributed by atoms with Gasteiger partial charge in [0.2, 0.25) is 5.91 Å². The lowest BCUT2D eigenvalue weighted by molar-refractivity contribution is -0.129. The second-order valence-electron chi connectivity index (χ2n) is 5.55. The molecule has 0 radical (unpaired) electrons. The van der Waals surface area contributed by atoms with E-state index in [9.17, 15) is 13.2 Å². The van der Waals surface area contributed by atoms with Gasteiger partial charge in [-0.1, -0.05) is 0 Å². The van der Waals surface area contributed by atoms with Crippen LogP contribution in [-0.2, 0) is 15.0 Å². The van der Waals surface area contributed by atoms with E-state index >= 15 is 0 Å². The highest BCUT2D eigenvalue weighted by Crippen LogP contribution is 2.11. The Bertz CT molecular complexity index is 514. The van der Waals surface area contributed by atoms with Crippen LogP contribution in [0.15, 0.2) is 0 Å². The van der Waals surface area contributed by atoms with Crippen LogP contribution in [0.3, 0.4) is 0 Å². The Morgan fingerprint density at radius 2 is 1.86 bits per heavy atom. The molecule has 1 heterocycles. The highest BCUT2D eigenvalue weighted by atomic mass is 32.2. The molecule has 126 valence electrons. The van der Waals surface area contributed by atoms with Gasteiger partial charge in [0.15, 0.2) is 0 Å². The minimum absolute atomic E-state index is 0.0162. The number of nitrogens with zero attached hydrogens (tertiary/aromatic N) is 5. The van der Waals surface area contributed by atoms with E-state index < -0.39 is 10.2 Å². The third-order valence-corrected chi connectivity index (χ3v) is 5.65. The second-order valence-corrected chi connectivity index (χ2v) is 7.59. The molecule has 22 heavy (non-hydrogen) atoms. The molecule has 9 heteroatoms. The molecule has 1 amide bonds. The minimum Gasteiger partial charge on any atom is -0.348 e. The Kier molecular flexibility index (Phi) is 7.22. The minimum atomic E-state index is -3.53. The zero-order valence-electron chi connectivity index (χ0n) is 13.5. The number of nitriles is 1. The third kappa shape index (κ3) is 5.21. The van der Waals surface area contributed by atoms with Gasteiger partial charge in [0.1, 0.15) is 0 Å². The van der Waals surface area contributed by atoms with Crippen LogP contribution in [0.25, 0.3) is 0 Å². The molecule has 1 saturated heterocycles. The lowest BCUT2D eigenvalue weighted by atomic mass is 10.4. The zero-order chi connectivity index (χ0) is 16.8. The first-order valence-electron chi connectivity index (χ1n) is 7.30. The SMILES string of the molecule is CN(C)C(=O)CN1CCCN(S(=O)(=O)N(C)CCC#N)CC1. The average molecular weight is 331 g/mol. The molecule has 0 aliphatic carbocycles. The molecule has 0 bridgehead atoms. The summed E-state index contributed by atoms with van der Waals surface area (Å²) in [6.07, 6.45) is 0.860. The number of likely N-dealkylation sites (N-methyl/N-ethyl adjacent to an activating group) is 1. The van der Waals surface area contributed by atoms with Crippen LogP contribution in [0.1, 0.15) is 12.8 Å². The molecule has 8 nitrogen and oxygen atoms in total. The highest BCUT2D eigenvalue weighted by Gasteiger charge is 2.29. The summed E-state index contributed by atoms with van der Waals surface area (Å²) in [4.78, 5) is 15.3. The molecule has 0 atom stereocenters. The maximum atomic E-state index is 12.4. The maximum Gasteiger partial charge on any atom is 0.281 e. The van der Waals surface area contributed by atoms with Crippen LogP contribution >= 0.6 is 0 Å². The van der Waals surface area contributed by atoms with Crippen molar-refractivity contribution < 1.29 is 13.2 Å². The first-order valence-corrected chi connectivity index (χ1v) is 8.69. The molecule has 0 unspecified atom stereocenters.